The maximum atomic E-state index is 12.1. The number of anilines is 1. The molecule has 2 rings (SSSR count). The van der Waals surface area contributed by atoms with Gasteiger partial charge in [0.05, 0.1) is 6.54 Å². The van der Waals surface area contributed by atoms with Crippen LogP contribution < -0.4 is 10.6 Å². The second-order valence-electron chi connectivity index (χ2n) is 5.89. The van der Waals surface area contributed by atoms with Crippen molar-refractivity contribution in [3.05, 3.63) is 69.8 Å². The van der Waals surface area contributed by atoms with E-state index in [2.05, 4.69) is 10.6 Å². The Bertz CT molecular complexity index is 805. The monoisotopic (exact) mass is 356 g/mol. The topological polar surface area (TPSA) is 58.2 Å². The molecule has 0 aliphatic rings. The van der Waals surface area contributed by atoms with Gasteiger partial charge in [0.15, 0.2) is 0 Å². The van der Waals surface area contributed by atoms with Gasteiger partial charge in [0.25, 0.3) is 0 Å². The number of rotatable bonds is 5. The van der Waals surface area contributed by atoms with Crippen LogP contribution in [-0.2, 0) is 9.59 Å². The Morgan fingerprint density at radius 3 is 2.36 bits per heavy atom. The molecule has 0 fully saturated rings. The highest BCUT2D eigenvalue weighted by Crippen LogP contribution is 2.21. The Hall–Kier alpha value is -2.59. The summed E-state index contributed by atoms with van der Waals surface area (Å²) < 4.78 is 0. The Labute approximate surface area is 152 Å². The number of benzene rings is 2. The van der Waals surface area contributed by atoms with Crippen molar-refractivity contribution < 1.29 is 9.59 Å². The van der Waals surface area contributed by atoms with Gasteiger partial charge in [-0.25, -0.2) is 0 Å². The molecule has 0 heterocycles. The van der Waals surface area contributed by atoms with Crippen molar-refractivity contribution in [2.24, 2.45) is 0 Å². The predicted molar refractivity (Wildman–Crippen MR) is 103 cm³/mol. The van der Waals surface area contributed by atoms with Crippen LogP contribution in [0.4, 0.5) is 5.69 Å². The minimum absolute atomic E-state index is 0.0988. The molecular weight excluding hydrogens is 336 g/mol. The second kappa shape index (κ2) is 8.49. The third-order valence-corrected chi connectivity index (χ3v) is 4.03. The first kappa shape index (κ1) is 18.7. The van der Waals surface area contributed by atoms with Crippen molar-refractivity contribution in [3.63, 3.8) is 0 Å². The average Bonchev–Trinajstić information content (AvgIpc) is 2.55. The number of halogens is 1. The van der Waals surface area contributed by atoms with Gasteiger partial charge >= 0.3 is 0 Å². The largest absolute Gasteiger partial charge is 0.343 e. The number of hydrogen-bond donors (Lipinski definition) is 2. The molecule has 130 valence electrons. The molecule has 5 heteroatoms. The number of nitrogens with one attached hydrogen (secondary N) is 2. The van der Waals surface area contributed by atoms with Gasteiger partial charge in [-0.15, -0.1) is 0 Å². The fourth-order valence-corrected chi connectivity index (χ4v) is 2.76. The van der Waals surface area contributed by atoms with Gasteiger partial charge in [-0.1, -0.05) is 47.5 Å². The lowest BCUT2D eigenvalue weighted by Gasteiger charge is -2.13. The highest BCUT2D eigenvalue weighted by molar-refractivity contribution is 6.32. The SMILES string of the molecule is Cc1cc(C)c(NC(=O)CNC(=O)/C=C/c2ccccc2Cl)c(C)c1. The van der Waals surface area contributed by atoms with Crippen molar-refractivity contribution in [3.8, 4) is 0 Å². The summed E-state index contributed by atoms with van der Waals surface area (Å²) in [4.78, 5) is 23.9. The van der Waals surface area contributed by atoms with E-state index >= 15 is 0 Å². The van der Waals surface area contributed by atoms with Crippen LogP contribution in [0.1, 0.15) is 22.3 Å². The fraction of sp³-hybridized carbons (Fsp3) is 0.200. The molecule has 25 heavy (non-hydrogen) atoms. The smallest absolute Gasteiger partial charge is 0.244 e. The van der Waals surface area contributed by atoms with Crippen LogP contribution in [0.2, 0.25) is 5.02 Å². The molecule has 0 aliphatic heterocycles. The third kappa shape index (κ3) is 5.47. The summed E-state index contributed by atoms with van der Waals surface area (Å²) in [6, 6.07) is 11.2. The summed E-state index contributed by atoms with van der Waals surface area (Å²) in [5, 5.41) is 5.97. The van der Waals surface area contributed by atoms with Crippen LogP contribution in [0, 0.1) is 20.8 Å². The van der Waals surface area contributed by atoms with Crippen molar-refractivity contribution in [1.29, 1.82) is 0 Å². The van der Waals surface area contributed by atoms with Crippen LogP contribution in [-0.4, -0.2) is 18.4 Å². The lowest BCUT2D eigenvalue weighted by atomic mass is 10.1. The summed E-state index contributed by atoms with van der Waals surface area (Å²) in [6.45, 7) is 5.80. The molecule has 0 aromatic heterocycles. The van der Waals surface area contributed by atoms with Crippen molar-refractivity contribution in [1.82, 2.24) is 5.32 Å². The lowest BCUT2D eigenvalue weighted by molar-refractivity contribution is -0.121. The van der Waals surface area contributed by atoms with Gasteiger partial charge in [0.1, 0.15) is 0 Å². The van der Waals surface area contributed by atoms with E-state index in [4.69, 9.17) is 11.6 Å². The van der Waals surface area contributed by atoms with Gasteiger partial charge in [-0.2, -0.15) is 0 Å². The maximum Gasteiger partial charge on any atom is 0.244 e. The summed E-state index contributed by atoms with van der Waals surface area (Å²) >= 11 is 6.02. The number of amides is 2. The molecule has 0 aliphatic carbocycles. The van der Waals surface area contributed by atoms with Gasteiger partial charge in [-0.3, -0.25) is 9.59 Å². The number of aryl methyl sites for hydroxylation is 3. The molecule has 2 aromatic carbocycles. The molecule has 2 N–H and O–H groups in total. The predicted octanol–water partition coefficient (Wildman–Crippen LogP) is 4.03. The molecular formula is C20H21ClN2O2. The molecule has 0 saturated carbocycles. The van der Waals surface area contributed by atoms with E-state index in [1.165, 1.54) is 6.08 Å². The zero-order chi connectivity index (χ0) is 18.4. The van der Waals surface area contributed by atoms with E-state index in [0.29, 0.717) is 5.02 Å². The Balaban J connectivity index is 1.90. The van der Waals surface area contributed by atoms with Crippen LogP contribution >= 0.6 is 11.6 Å². The molecule has 0 bridgehead atoms. The van der Waals surface area contributed by atoms with Crippen LogP contribution in [0.3, 0.4) is 0 Å². The Morgan fingerprint density at radius 1 is 1.08 bits per heavy atom. The molecule has 2 aromatic rings. The molecule has 0 spiro atoms. The lowest BCUT2D eigenvalue weighted by Crippen LogP contribution is -2.32. The summed E-state index contributed by atoms with van der Waals surface area (Å²) in [5.41, 5.74) is 4.67. The maximum absolute atomic E-state index is 12.1. The van der Waals surface area contributed by atoms with E-state index in [1.54, 1.807) is 12.1 Å². The van der Waals surface area contributed by atoms with Crippen molar-refractivity contribution in [2.75, 3.05) is 11.9 Å². The van der Waals surface area contributed by atoms with Gasteiger partial charge in [-0.05, 0) is 49.6 Å². The van der Waals surface area contributed by atoms with Crippen LogP contribution in [0.5, 0.6) is 0 Å². The van der Waals surface area contributed by atoms with Crippen molar-refractivity contribution in [2.45, 2.75) is 20.8 Å². The quantitative estimate of drug-likeness (QED) is 0.794. The van der Waals surface area contributed by atoms with Gasteiger partial charge in [0.2, 0.25) is 11.8 Å². The van der Waals surface area contributed by atoms with Gasteiger partial charge in [0, 0.05) is 16.8 Å². The zero-order valence-corrected chi connectivity index (χ0v) is 15.3. The highest BCUT2D eigenvalue weighted by atomic mass is 35.5. The minimum Gasteiger partial charge on any atom is -0.343 e. The van der Waals surface area contributed by atoms with Crippen LogP contribution in [0.25, 0.3) is 6.08 Å². The van der Waals surface area contributed by atoms with E-state index in [0.717, 1.165) is 27.9 Å². The number of carbonyl (C=O) groups excluding carboxylic acids is 2. The van der Waals surface area contributed by atoms with E-state index in [-0.39, 0.29) is 18.4 Å². The van der Waals surface area contributed by atoms with Crippen molar-refractivity contribution >= 4 is 35.2 Å². The first-order chi connectivity index (χ1) is 11.9. The number of carbonyl (C=O) groups is 2. The molecule has 0 saturated heterocycles. The first-order valence-electron chi connectivity index (χ1n) is 7.95. The fourth-order valence-electron chi connectivity index (χ4n) is 2.56. The molecule has 0 radical (unpaired) electrons. The summed E-state index contributed by atoms with van der Waals surface area (Å²) in [5.74, 6) is -0.623. The Kier molecular flexibility index (Phi) is 6.37. The standard InChI is InChI=1S/C20H21ClN2O2/c1-13-10-14(2)20(15(3)11-13)23-19(25)12-22-18(24)9-8-16-6-4-5-7-17(16)21/h4-11H,12H2,1-3H3,(H,22,24)(H,23,25)/b9-8+. The third-order valence-electron chi connectivity index (χ3n) is 3.68. The molecule has 0 unspecified atom stereocenters. The Morgan fingerprint density at radius 2 is 1.72 bits per heavy atom. The van der Waals surface area contributed by atoms with E-state index < -0.39 is 0 Å². The molecule has 2 amide bonds. The van der Waals surface area contributed by atoms with Gasteiger partial charge < -0.3 is 10.6 Å². The average molecular weight is 357 g/mol. The summed E-state index contributed by atoms with van der Waals surface area (Å²) in [6.07, 6.45) is 2.97. The number of hydrogen-bond acceptors (Lipinski definition) is 2. The molecule has 0 atom stereocenters. The highest BCUT2D eigenvalue weighted by Gasteiger charge is 2.09. The zero-order valence-electron chi connectivity index (χ0n) is 14.5. The molecule has 4 nitrogen and oxygen atoms in total. The minimum atomic E-state index is -0.354. The second-order valence-corrected chi connectivity index (χ2v) is 6.30. The first-order valence-corrected chi connectivity index (χ1v) is 8.33. The normalized spacial score (nSPS) is 10.7. The van der Waals surface area contributed by atoms with E-state index in [1.807, 2.05) is 51.1 Å². The van der Waals surface area contributed by atoms with Crippen LogP contribution in [0.15, 0.2) is 42.5 Å². The summed E-state index contributed by atoms with van der Waals surface area (Å²) in [7, 11) is 0. The van der Waals surface area contributed by atoms with E-state index in [9.17, 15) is 9.59 Å².